The first kappa shape index (κ1) is 13.1. The average Bonchev–Trinajstić information content (AvgIpc) is 2.17. The summed E-state index contributed by atoms with van der Waals surface area (Å²) in [4.78, 5) is 0. The Kier molecular flexibility index (Phi) is 4.44. The Morgan fingerprint density at radius 2 is 2.12 bits per heavy atom. The second-order valence-electron chi connectivity index (χ2n) is 3.81. The summed E-state index contributed by atoms with van der Waals surface area (Å²) >= 11 is 0. The van der Waals surface area contributed by atoms with Crippen molar-refractivity contribution in [3.63, 3.8) is 0 Å². The molecule has 5 heteroatoms. The first-order valence-corrected chi connectivity index (χ1v) is 7.09. The molecule has 90 valence electrons. The lowest BCUT2D eigenvalue weighted by molar-refractivity contribution is 0.553. The molecule has 1 atom stereocenters. The van der Waals surface area contributed by atoms with Gasteiger partial charge in [0.2, 0.25) is 0 Å². The molecule has 0 amide bonds. The van der Waals surface area contributed by atoms with Crippen LogP contribution in [0.25, 0.3) is 0 Å². The lowest BCUT2D eigenvalue weighted by Gasteiger charge is -2.15. The van der Waals surface area contributed by atoms with Gasteiger partial charge >= 0.3 is 0 Å². The Bertz CT molecular complexity index is 445. The molecule has 1 aromatic carbocycles. The summed E-state index contributed by atoms with van der Waals surface area (Å²) < 4.78 is 35.1. The molecule has 1 aromatic rings. The van der Waals surface area contributed by atoms with E-state index in [1.807, 2.05) is 0 Å². The van der Waals surface area contributed by atoms with E-state index < -0.39 is 9.84 Å². The fraction of sp³-hybridized carbons (Fsp3) is 0.455. The number of hydrogen-bond donors (Lipinski definition) is 1. The third kappa shape index (κ3) is 4.28. The summed E-state index contributed by atoms with van der Waals surface area (Å²) in [6.45, 7) is 0. The summed E-state index contributed by atoms with van der Waals surface area (Å²) in [6.07, 6.45) is 1.64. The quantitative estimate of drug-likeness (QED) is 0.855. The van der Waals surface area contributed by atoms with Gasteiger partial charge in [-0.1, -0.05) is 12.1 Å². The molecule has 0 aliphatic heterocycles. The molecule has 0 aliphatic rings. The highest BCUT2D eigenvalue weighted by Crippen LogP contribution is 2.17. The fourth-order valence-electron chi connectivity index (χ4n) is 1.53. The van der Waals surface area contributed by atoms with E-state index in [1.54, 1.807) is 19.2 Å². The number of hydrogen-bond acceptors (Lipinski definition) is 3. The zero-order chi connectivity index (χ0) is 12.2. The Morgan fingerprint density at radius 3 is 2.62 bits per heavy atom. The SMILES string of the molecule is CNC(CCS(C)(=O)=O)c1cccc(F)c1. The molecule has 0 radical (unpaired) electrons. The maximum atomic E-state index is 13.0. The Balaban J connectivity index is 2.75. The van der Waals surface area contributed by atoms with Crippen LogP contribution in [0.4, 0.5) is 4.39 Å². The smallest absolute Gasteiger partial charge is 0.147 e. The van der Waals surface area contributed by atoms with Crippen molar-refractivity contribution in [3.05, 3.63) is 35.6 Å². The molecular weight excluding hydrogens is 229 g/mol. The van der Waals surface area contributed by atoms with Gasteiger partial charge in [0.25, 0.3) is 0 Å². The molecule has 1 rings (SSSR count). The van der Waals surface area contributed by atoms with Crippen LogP contribution in [0.3, 0.4) is 0 Å². The number of halogens is 1. The molecule has 0 saturated heterocycles. The third-order valence-electron chi connectivity index (χ3n) is 2.38. The van der Waals surface area contributed by atoms with Crippen LogP contribution in [0, 0.1) is 5.82 Å². The van der Waals surface area contributed by atoms with Gasteiger partial charge in [-0.3, -0.25) is 0 Å². The minimum atomic E-state index is -2.98. The van der Waals surface area contributed by atoms with E-state index in [0.29, 0.717) is 6.42 Å². The van der Waals surface area contributed by atoms with Gasteiger partial charge in [-0.2, -0.15) is 0 Å². The second-order valence-corrected chi connectivity index (χ2v) is 6.07. The van der Waals surface area contributed by atoms with Gasteiger partial charge < -0.3 is 5.32 Å². The summed E-state index contributed by atoms with van der Waals surface area (Å²) in [5.74, 6) is -0.216. The minimum absolute atomic E-state index is 0.0923. The lowest BCUT2D eigenvalue weighted by Crippen LogP contribution is -2.20. The van der Waals surface area contributed by atoms with Gasteiger partial charge in [0, 0.05) is 12.3 Å². The van der Waals surface area contributed by atoms with Crippen LogP contribution in [-0.2, 0) is 9.84 Å². The zero-order valence-corrected chi connectivity index (χ0v) is 10.2. The maximum absolute atomic E-state index is 13.0. The molecule has 0 fully saturated rings. The largest absolute Gasteiger partial charge is 0.313 e. The van der Waals surface area contributed by atoms with E-state index in [1.165, 1.54) is 18.4 Å². The molecule has 1 N–H and O–H groups in total. The number of sulfone groups is 1. The minimum Gasteiger partial charge on any atom is -0.313 e. The number of benzene rings is 1. The molecule has 16 heavy (non-hydrogen) atoms. The van der Waals surface area contributed by atoms with Gasteiger partial charge in [0.1, 0.15) is 15.7 Å². The van der Waals surface area contributed by atoms with Crippen LogP contribution in [0.1, 0.15) is 18.0 Å². The average molecular weight is 245 g/mol. The molecule has 1 unspecified atom stereocenters. The molecule has 0 spiro atoms. The third-order valence-corrected chi connectivity index (χ3v) is 3.35. The van der Waals surface area contributed by atoms with E-state index in [2.05, 4.69) is 5.32 Å². The molecule has 0 saturated carbocycles. The highest BCUT2D eigenvalue weighted by Gasteiger charge is 2.12. The van der Waals surface area contributed by atoms with E-state index in [-0.39, 0.29) is 17.6 Å². The number of nitrogens with one attached hydrogen (secondary N) is 1. The summed E-state index contributed by atoms with van der Waals surface area (Å²) in [5, 5.41) is 2.99. The van der Waals surface area contributed by atoms with Crippen molar-refractivity contribution < 1.29 is 12.8 Å². The van der Waals surface area contributed by atoms with E-state index in [9.17, 15) is 12.8 Å². The summed E-state index contributed by atoms with van der Waals surface area (Å²) in [5.41, 5.74) is 0.770. The van der Waals surface area contributed by atoms with Crippen LogP contribution in [-0.4, -0.2) is 27.5 Å². The first-order chi connectivity index (χ1) is 7.42. The van der Waals surface area contributed by atoms with Crippen LogP contribution in [0.15, 0.2) is 24.3 Å². The Labute approximate surface area is 95.6 Å². The van der Waals surface area contributed by atoms with Crippen molar-refractivity contribution in [2.45, 2.75) is 12.5 Å². The van der Waals surface area contributed by atoms with Crippen molar-refractivity contribution in [2.24, 2.45) is 0 Å². The van der Waals surface area contributed by atoms with Crippen LogP contribution in [0.5, 0.6) is 0 Å². The van der Waals surface area contributed by atoms with Crippen molar-refractivity contribution >= 4 is 9.84 Å². The molecule has 0 aromatic heterocycles. The Morgan fingerprint density at radius 1 is 1.44 bits per heavy atom. The zero-order valence-electron chi connectivity index (χ0n) is 9.40. The summed E-state index contributed by atoms with van der Waals surface area (Å²) in [6, 6.07) is 6.06. The molecule has 0 bridgehead atoms. The first-order valence-electron chi connectivity index (χ1n) is 5.03. The molecular formula is C11H16FNO2S. The molecule has 0 aliphatic carbocycles. The van der Waals surface area contributed by atoms with Crippen LogP contribution >= 0.6 is 0 Å². The van der Waals surface area contributed by atoms with E-state index in [0.717, 1.165) is 5.56 Å². The van der Waals surface area contributed by atoms with Gasteiger partial charge in [-0.15, -0.1) is 0 Å². The van der Waals surface area contributed by atoms with Gasteiger partial charge in [-0.05, 0) is 31.2 Å². The van der Waals surface area contributed by atoms with E-state index >= 15 is 0 Å². The highest BCUT2D eigenvalue weighted by atomic mass is 32.2. The predicted octanol–water partition coefficient (Wildman–Crippen LogP) is 1.52. The van der Waals surface area contributed by atoms with Gasteiger partial charge in [-0.25, -0.2) is 12.8 Å². The molecule has 3 nitrogen and oxygen atoms in total. The fourth-order valence-corrected chi connectivity index (χ4v) is 2.20. The van der Waals surface area contributed by atoms with Crippen molar-refractivity contribution in [1.29, 1.82) is 0 Å². The topological polar surface area (TPSA) is 46.2 Å². The monoisotopic (exact) mass is 245 g/mol. The van der Waals surface area contributed by atoms with E-state index in [4.69, 9.17) is 0 Å². The van der Waals surface area contributed by atoms with Crippen LogP contribution in [0.2, 0.25) is 0 Å². The van der Waals surface area contributed by atoms with Gasteiger partial charge in [0.05, 0.1) is 5.75 Å². The van der Waals surface area contributed by atoms with Crippen molar-refractivity contribution in [2.75, 3.05) is 19.1 Å². The van der Waals surface area contributed by atoms with Crippen LogP contribution < -0.4 is 5.32 Å². The Hall–Kier alpha value is -0.940. The normalized spacial score (nSPS) is 13.7. The predicted molar refractivity (Wildman–Crippen MR) is 62.5 cm³/mol. The summed E-state index contributed by atoms with van der Waals surface area (Å²) in [7, 11) is -1.25. The maximum Gasteiger partial charge on any atom is 0.147 e. The second kappa shape index (κ2) is 5.41. The van der Waals surface area contributed by atoms with Crippen molar-refractivity contribution in [3.8, 4) is 0 Å². The standard InChI is InChI=1S/C11H16FNO2S/c1-13-11(6-7-16(2,14)15)9-4-3-5-10(12)8-9/h3-5,8,11,13H,6-7H2,1-2H3. The molecule has 0 heterocycles. The highest BCUT2D eigenvalue weighted by molar-refractivity contribution is 7.90. The number of rotatable bonds is 5. The lowest BCUT2D eigenvalue weighted by atomic mass is 10.0. The van der Waals surface area contributed by atoms with Gasteiger partial charge in [0.15, 0.2) is 0 Å². The van der Waals surface area contributed by atoms with Crippen molar-refractivity contribution in [1.82, 2.24) is 5.32 Å².